The van der Waals surface area contributed by atoms with Crippen LogP contribution in [0.25, 0.3) is 5.52 Å². The first-order valence-electron chi connectivity index (χ1n) is 12.4. The zero-order valence-corrected chi connectivity index (χ0v) is 23.8. The number of ether oxygens (including phenoxy) is 8. The first-order valence-corrected chi connectivity index (χ1v) is 12.4. The van der Waals surface area contributed by atoms with Gasteiger partial charge in [0.05, 0.1) is 46.1 Å². The van der Waals surface area contributed by atoms with Crippen LogP contribution in [0.2, 0.25) is 0 Å². The molecule has 0 radical (unpaired) electrons. The van der Waals surface area contributed by atoms with Crippen molar-refractivity contribution in [2.45, 2.75) is 51.1 Å². The Morgan fingerprint density at radius 2 is 1.74 bits per heavy atom. The molecule has 17 nitrogen and oxygen atoms in total. The minimum absolute atomic E-state index is 0.0440. The van der Waals surface area contributed by atoms with Crippen LogP contribution in [-0.2, 0) is 43.5 Å². The minimum atomic E-state index is -1.89. The molecule has 3 heterocycles. The molecule has 0 unspecified atom stereocenters. The van der Waals surface area contributed by atoms with Crippen molar-refractivity contribution >= 4 is 35.9 Å². The molecular formula is C25H31N5O12. The normalized spacial score (nSPS) is 21.5. The van der Waals surface area contributed by atoms with Gasteiger partial charge in [0, 0.05) is 0 Å². The molecule has 1 aliphatic heterocycles. The van der Waals surface area contributed by atoms with Crippen molar-refractivity contribution in [3.8, 4) is 6.07 Å². The molecule has 0 spiro atoms. The van der Waals surface area contributed by atoms with Gasteiger partial charge in [-0.15, -0.1) is 0 Å². The fourth-order valence-electron chi connectivity index (χ4n) is 4.13. The summed E-state index contributed by atoms with van der Waals surface area (Å²) in [5.41, 5.74) is -1.87. The molecule has 0 saturated carbocycles. The van der Waals surface area contributed by atoms with E-state index in [1.54, 1.807) is 0 Å². The summed E-state index contributed by atoms with van der Waals surface area (Å²) in [4.78, 5) is 52.9. The number of anilines is 1. The Hall–Kier alpha value is -4.85. The zero-order valence-electron chi connectivity index (χ0n) is 23.8. The highest BCUT2D eigenvalue weighted by Gasteiger charge is 2.62. The molecule has 2 aromatic rings. The van der Waals surface area contributed by atoms with Gasteiger partial charge in [0.25, 0.3) is 0 Å². The van der Waals surface area contributed by atoms with Gasteiger partial charge < -0.3 is 37.9 Å². The summed E-state index contributed by atoms with van der Waals surface area (Å²) < 4.78 is 42.8. The van der Waals surface area contributed by atoms with Gasteiger partial charge in [0.15, 0.2) is 23.6 Å². The van der Waals surface area contributed by atoms with Crippen molar-refractivity contribution in [3.63, 3.8) is 0 Å². The van der Waals surface area contributed by atoms with Crippen LogP contribution in [-0.4, -0.2) is 92.0 Å². The van der Waals surface area contributed by atoms with Gasteiger partial charge in [0.2, 0.25) is 0 Å². The molecule has 0 aromatic carbocycles. The molecule has 17 heteroatoms. The molecule has 1 aliphatic rings. The lowest BCUT2D eigenvalue weighted by Crippen LogP contribution is -2.46. The van der Waals surface area contributed by atoms with Crippen LogP contribution >= 0.6 is 0 Å². The van der Waals surface area contributed by atoms with E-state index >= 15 is 0 Å². The Morgan fingerprint density at radius 1 is 1.05 bits per heavy atom. The average molecular weight is 594 g/mol. The van der Waals surface area contributed by atoms with Crippen molar-refractivity contribution in [2.24, 2.45) is 5.41 Å². The lowest BCUT2D eigenvalue weighted by Gasteiger charge is -2.32. The highest BCUT2D eigenvalue weighted by Crippen LogP contribution is 2.46. The second-order valence-corrected chi connectivity index (χ2v) is 10.1. The number of rotatable bonds is 8. The lowest BCUT2D eigenvalue weighted by atomic mass is 9.88. The van der Waals surface area contributed by atoms with E-state index in [-0.39, 0.29) is 29.1 Å². The minimum Gasteiger partial charge on any atom is -0.453 e. The first kappa shape index (κ1) is 31.7. The fourth-order valence-corrected chi connectivity index (χ4v) is 4.13. The topological polar surface area (TPSA) is 208 Å². The molecule has 0 aliphatic carbocycles. The van der Waals surface area contributed by atoms with Crippen molar-refractivity contribution in [1.29, 1.82) is 5.26 Å². The van der Waals surface area contributed by atoms with Crippen LogP contribution in [0.4, 0.5) is 25.0 Å². The van der Waals surface area contributed by atoms with E-state index in [0.29, 0.717) is 0 Å². The molecule has 4 atom stereocenters. The summed E-state index contributed by atoms with van der Waals surface area (Å²) in [5.74, 6) is 0.0440. The Morgan fingerprint density at radius 3 is 2.36 bits per heavy atom. The number of fused-ring (bicyclic) bond motifs is 1. The largest absolute Gasteiger partial charge is 0.508 e. The summed E-state index contributed by atoms with van der Waals surface area (Å²) in [6, 6.07) is 4.96. The second-order valence-electron chi connectivity index (χ2n) is 10.1. The summed E-state index contributed by atoms with van der Waals surface area (Å²) in [7, 11) is 3.28. The Kier molecular flexibility index (Phi) is 9.96. The standard InChI is InChI=1S/C25H31N5O12/c1-24(2,3)12-39-23(34)38-11-15-17(40-21(32)36-5)18(41-22(33)37-6)25(42-15,9-10-26)16-8-7-14-19(29-20(31)35-4)27-13-28-30(14)16/h7-8,13,15,17-18H,9,11-12H2,1-6H3,(H,27,28,29,31)/t15-,17-,18-,25+/m1/s1. The van der Waals surface area contributed by atoms with Crippen LogP contribution in [0.15, 0.2) is 18.5 Å². The lowest BCUT2D eigenvalue weighted by molar-refractivity contribution is -0.109. The highest BCUT2D eigenvalue weighted by atomic mass is 16.8. The summed E-state index contributed by atoms with van der Waals surface area (Å²) in [6.07, 6.45) is -7.95. The molecule has 1 amide bonds. The highest BCUT2D eigenvalue weighted by molar-refractivity contribution is 5.88. The smallest absolute Gasteiger partial charge is 0.453 e. The molecular weight excluding hydrogens is 562 g/mol. The van der Waals surface area contributed by atoms with E-state index in [1.807, 2.05) is 26.8 Å². The van der Waals surface area contributed by atoms with E-state index in [1.165, 1.54) is 23.8 Å². The second kappa shape index (κ2) is 13.2. The van der Waals surface area contributed by atoms with Crippen LogP contribution in [0, 0.1) is 16.7 Å². The summed E-state index contributed by atoms with van der Waals surface area (Å²) in [5, 5.41) is 16.5. The number of hydrogen-bond donors (Lipinski definition) is 1. The van der Waals surface area contributed by atoms with Crippen LogP contribution < -0.4 is 5.32 Å². The molecule has 1 saturated heterocycles. The Balaban J connectivity index is 2.11. The maximum Gasteiger partial charge on any atom is 0.508 e. The van der Waals surface area contributed by atoms with Gasteiger partial charge in [-0.05, 0) is 17.5 Å². The Bertz CT molecular complexity index is 1350. The molecule has 228 valence electrons. The third-order valence-electron chi connectivity index (χ3n) is 5.90. The quantitative estimate of drug-likeness (QED) is 0.345. The fraction of sp³-hybridized carbons (Fsp3) is 0.560. The average Bonchev–Trinajstić information content (AvgIpc) is 3.51. The SMILES string of the molecule is COC(=O)Nc1ncnn2c([C@]3(CC#N)O[C@H](COC(=O)OCC(C)(C)C)[C@@H](OC(=O)OC)[C@H]3OC(=O)OC)ccc12. The van der Waals surface area contributed by atoms with E-state index in [0.717, 1.165) is 20.5 Å². The number of carbonyl (C=O) groups is 4. The third kappa shape index (κ3) is 7.07. The van der Waals surface area contributed by atoms with Crippen molar-refractivity contribution in [2.75, 3.05) is 39.9 Å². The molecule has 42 heavy (non-hydrogen) atoms. The molecule has 1 N–H and O–H groups in total. The molecule has 2 aromatic heterocycles. The third-order valence-corrected chi connectivity index (χ3v) is 5.90. The summed E-state index contributed by atoms with van der Waals surface area (Å²) >= 11 is 0. The van der Waals surface area contributed by atoms with Crippen LogP contribution in [0.1, 0.15) is 32.9 Å². The van der Waals surface area contributed by atoms with Gasteiger partial charge in [-0.2, -0.15) is 10.4 Å². The Labute approximate surface area is 239 Å². The monoisotopic (exact) mass is 593 g/mol. The van der Waals surface area contributed by atoms with E-state index in [9.17, 15) is 24.4 Å². The van der Waals surface area contributed by atoms with Crippen molar-refractivity contribution in [3.05, 3.63) is 24.2 Å². The molecule has 1 fully saturated rings. The number of hydrogen-bond acceptors (Lipinski definition) is 15. The van der Waals surface area contributed by atoms with E-state index < -0.39 is 61.5 Å². The van der Waals surface area contributed by atoms with Crippen molar-refractivity contribution < 1.29 is 57.1 Å². The van der Waals surface area contributed by atoms with Gasteiger partial charge in [-0.3, -0.25) is 5.32 Å². The van der Waals surface area contributed by atoms with E-state index in [2.05, 4.69) is 29.6 Å². The van der Waals surface area contributed by atoms with E-state index in [4.69, 9.17) is 23.7 Å². The van der Waals surface area contributed by atoms with Gasteiger partial charge in [0.1, 0.15) is 24.6 Å². The summed E-state index contributed by atoms with van der Waals surface area (Å²) in [6.45, 7) is 5.05. The maximum atomic E-state index is 12.4. The number of nitriles is 1. The first-order chi connectivity index (χ1) is 19.9. The number of nitrogens with one attached hydrogen (secondary N) is 1. The number of methoxy groups -OCH3 is 3. The van der Waals surface area contributed by atoms with Crippen LogP contribution in [0.5, 0.6) is 0 Å². The zero-order chi connectivity index (χ0) is 31.1. The predicted molar refractivity (Wildman–Crippen MR) is 137 cm³/mol. The number of amides is 1. The van der Waals surface area contributed by atoms with Gasteiger partial charge in [-0.1, -0.05) is 20.8 Å². The van der Waals surface area contributed by atoms with Crippen LogP contribution in [0.3, 0.4) is 0 Å². The number of aromatic nitrogens is 3. The van der Waals surface area contributed by atoms with Crippen molar-refractivity contribution in [1.82, 2.24) is 14.6 Å². The number of nitrogens with zero attached hydrogens (tertiary/aromatic N) is 4. The van der Waals surface area contributed by atoms with Gasteiger partial charge >= 0.3 is 24.6 Å². The van der Waals surface area contributed by atoms with Gasteiger partial charge in [-0.25, -0.2) is 28.7 Å². The predicted octanol–water partition coefficient (Wildman–Crippen LogP) is 2.92. The number of carbonyl (C=O) groups excluding carboxylic acids is 4. The molecule has 0 bridgehead atoms. The molecule has 3 rings (SSSR count). The maximum absolute atomic E-state index is 12.4.